The molecule has 0 saturated heterocycles. The van der Waals surface area contributed by atoms with E-state index in [9.17, 15) is 0 Å². The van der Waals surface area contributed by atoms with Crippen LogP contribution in [0.1, 0.15) is 60.8 Å². The predicted octanol–water partition coefficient (Wildman–Crippen LogP) is 5.70. The van der Waals surface area contributed by atoms with Crippen LogP contribution in [0.15, 0.2) is 36.4 Å². The Morgan fingerprint density at radius 3 is 2.00 bits per heavy atom. The lowest BCUT2D eigenvalue weighted by molar-refractivity contribution is 0.581. The average Bonchev–Trinajstić information content (AvgIpc) is 2.88. The van der Waals surface area contributed by atoms with Gasteiger partial charge in [0.2, 0.25) is 0 Å². The van der Waals surface area contributed by atoms with Gasteiger partial charge in [0.15, 0.2) is 0 Å². The normalized spacial score (nSPS) is 17.7. The van der Waals surface area contributed by atoms with Crippen molar-refractivity contribution in [2.45, 2.75) is 57.8 Å². The third kappa shape index (κ3) is 2.52. The van der Waals surface area contributed by atoms with Crippen molar-refractivity contribution in [1.29, 1.82) is 0 Å². The second-order valence-electron chi connectivity index (χ2n) is 6.73. The average molecular weight is 276 g/mol. The first kappa shape index (κ1) is 13.1. The van der Waals surface area contributed by atoms with Crippen molar-refractivity contribution in [3.63, 3.8) is 0 Å². The Morgan fingerprint density at radius 2 is 1.19 bits per heavy atom. The van der Waals surface area contributed by atoms with Crippen LogP contribution in [0.3, 0.4) is 0 Å². The van der Waals surface area contributed by atoms with E-state index in [2.05, 4.69) is 36.4 Å². The summed E-state index contributed by atoms with van der Waals surface area (Å²) in [5.41, 5.74) is 9.34. The van der Waals surface area contributed by atoms with E-state index in [1.165, 1.54) is 68.1 Å². The van der Waals surface area contributed by atoms with Gasteiger partial charge in [-0.1, -0.05) is 62.1 Å². The second kappa shape index (κ2) is 5.67. The van der Waals surface area contributed by atoms with Gasteiger partial charge in [0, 0.05) is 0 Å². The zero-order valence-electron chi connectivity index (χ0n) is 12.8. The van der Waals surface area contributed by atoms with Crippen molar-refractivity contribution in [2.75, 3.05) is 0 Å². The maximum Gasteiger partial charge on any atom is -0.00134 e. The van der Waals surface area contributed by atoms with Crippen molar-refractivity contribution in [2.24, 2.45) is 0 Å². The van der Waals surface area contributed by atoms with Gasteiger partial charge in [-0.15, -0.1) is 0 Å². The molecule has 108 valence electrons. The first-order valence-corrected chi connectivity index (χ1v) is 8.65. The standard InChI is InChI=1S/C21H24/c1-2-4-6-10-17-15-21-19(13-16(17)9-5-3-1)14-18-11-7-8-12-20(18)21/h7-8,11-13,15H,1-6,9-10,14H2. The first-order chi connectivity index (χ1) is 10.4. The molecule has 0 nitrogen and oxygen atoms in total. The summed E-state index contributed by atoms with van der Waals surface area (Å²) in [5.74, 6) is 0. The maximum absolute atomic E-state index is 2.53. The molecule has 0 N–H and O–H groups in total. The highest BCUT2D eigenvalue weighted by Gasteiger charge is 2.20. The SMILES string of the molecule is c1ccc2c(c1)Cc1cc3c(cc1-2)CCCCCCCC3. The Balaban J connectivity index is 1.74. The first-order valence-electron chi connectivity index (χ1n) is 8.65. The molecule has 2 aromatic carbocycles. The van der Waals surface area contributed by atoms with Gasteiger partial charge in [0.05, 0.1) is 0 Å². The largest absolute Gasteiger partial charge is 0.0619 e. The molecule has 0 heteroatoms. The van der Waals surface area contributed by atoms with Crippen LogP contribution in [0.25, 0.3) is 11.1 Å². The van der Waals surface area contributed by atoms with Crippen LogP contribution in [0.2, 0.25) is 0 Å². The van der Waals surface area contributed by atoms with Gasteiger partial charge < -0.3 is 0 Å². The molecular formula is C21H24. The van der Waals surface area contributed by atoms with Gasteiger partial charge in [-0.2, -0.15) is 0 Å². The quantitative estimate of drug-likeness (QED) is 0.494. The second-order valence-corrected chi connectivity index (χ2v) is 6.73. The van der Waals surface area contributed by atoms with E-state index in [4.69, 9.17) is 0 Å². The molecule has 0 spiro atoms. The lowest BCUT2D eigenvalue weighted by Gasteiger charge is -2.15. The summed E-state index contributed by atoms with van der Waals surface area (Å²) in [6.45, 7) is 0. The number of fused-ring (bicyclic) bond motifs is 4. The fraction of sp³-hybridized carbons (Fsp3) is 0.429. The van der Waals surface area contributed by atoms with Crippen LogP contribution in [-0.2, 0) is 19.3 Å². The van der Waals surface area contributed by atoms with Crippen LogP contribution in [0, 0.1) is 0 Å². The minimum absolute atomic E-state index is 1.14. The van der Waals surface area contributed by atoms with E-state index in [-0.39, 0.29) is 0 Å². The zero-order valence-corrected chi connectivity index (χ0v) is 12.8. The Morgan fingerprint density at radius 1 is 0.524 bits per heavy atom. The molecule has 0 radical (unpaired) electrons. The Labute approximate surface area is 128 Å². The smallest absolute Gasteiger partial charge is 0.00134 e. The van der Waals surface area contributed by atoms with E-state index < -0.39 is 0 Å². The number of rotatable bonds is 0. The van der Waals surface area contributed by atoms with Crippen molar-refractivity contribution >= 4 is 0 Å². The van der Waals surface area contributed by atoms with E-state index in [1.807, 2.05) is 0 Å². The van der Waals surface area contributed by atoms with E-state index in [0.717, 1.165) is 6.42 Å². The molecular weight excluding hydrogens is 252 g/mol. The molecule has 0 atom stereocenters. The number of hydrogen-bond donors (Lipinski definition) is 0. The molecule has 0 bridgehead atoms. The Hall–Kier alpha value is -1.56. The highest BCUT2D eigenvalue weighted by atomic mass is 14.2. The molecule has 0 aliphatic heterocycles. The van der Waals surface area contributed by atoms with Gasteiger partial charge in [-0.05, 0) is 65.5 Å². The van der Waals surface area contributed by atoms with E-state index >= 15 is 0 Å². The van der Waals surface area contributed by atoms with Crippen LogP contribution in [0.4, 0.5) is 0 Å². The Bertz CT molecular complexity index is 651. The summed E-state index contributed by atoms with van der Waals surface area (Å²) >= 11 is 0. The summed E-state index contributed by atoms with van der Waals surface area (Å²) in [7, 11) is 0. The molecule has 21 heavy (non-hydrogen) atoms. The fourth-order valence-electron chi connectivity index (χ4n) is 4.08. The molecule has 0 heterocycles. The van der Waals surface area contributed by atoms with E-state index in [0.29, 0.717) is 0 Å². The molecule has 2 aromatic rings. The molecule has 0 amide bonds. The summed E-state index contributed by atoms with van der Waals surface area (Å²) < 4.78 is 0. The van der Waals surface area contributed by atoms with Crippen molar-refractivity contribution in [1.82, 2.24) is 0 Å². The monoisotopic (exact) mass is 276 g/mol. The molecule has 0 aromatic heterocycles. The highest BCUT2D eigenvalue weighted by molar-refractivity contribution is 5.77. The summed E-state index contributed by atoms with van der Waals surface area (Å²) in [4.78, 5) is 0. The third-order valence-corrected chi connectivity index (χ3v) is 5.26. The van der Waals surface area contributed by atoms with Crippen molar-refractivity contribution in [3.8, 4) is 11.1 Å². The third-order valence-electron chi connectivity index (χ3n) is 5.26. The number of hydrogen-bond acceptors (Lipinski definition) is 0. The predicted molar refractivity (Wildman–Crippen MR) is 89.8 cm³/mol. The molecule has 0 saturated carbocycles. The number of aryl methyl sites for hydroxylation is 2. The van der Waals surface area contributed by atoms with Crippen LogP contribution < -0.4 is 0 Å². The molecule has 0 unspecified atom stereocenters. The van der Waals surface area contributed by atoms with Crippen LogP contribution in [-0.4, -0.2) is 0 Å². The van der Waals surface area contributed by atoms with Gasteiger partial charge in [0.25, 0.3) is 0 Å². The minimum atomic E-state index is 1.14. The Kier molecular flexibility index (Phi) is 3.55. The van der Waals surface area contributed by atoms with Gasteiger partial charge in [0.1, 0.15) is 0 Å². The number of benzene rings is 2. The fourth-order valence-corrected chi connectivity index (χ4v) is 4.08. The summed E-state index contributed by atoms with van der Waals surface area (Å²) in [6.07, 6.45) is 12.1. The van der Waals surface area contributed by atoms with Crippen molar-refractivity contribution < 1.29 is 0 Å². The molecule has 0 fully saturated rings. The topological polar surface area (TPSA) is 0 Å². The minimum Gasteiger partial charge on any atom is -0.0619 e. The summed E-state index contributed by atoms with van der Waals surface area (Å²) in [6, 6.07) is 14.0. The lowest BCUT2D eigenvalue weighted by Crippen LogP contribution is -2.00. The van der Waals surface area contributed by atoms with E-state index in [1.54, 1.807) is 16.7 Å². The zero-order chi connectivity index (χ0) is 14.1. The molecule has 2 aliphatic rings. The van der Waals surface area contributed by atoms with Gasteiger partial charge in [-0.3, -0.25) is 0 Å². The van der Waals surface area contributed by atoms with Gasteiger partial charge >= 0.3 is 0 Å². The molecule has 4 rings (SSSR count). The van der Waals surface area contributed by atoms with Gasteiger partial charge in [-0.25, -0.2) is 0 Å². The molecule has 2 aliphatic carbocycles. The van der Waals surface area contributed by atoms with Crippen molar-refractivity contribution in [3.05, 3.63) is 58.7 Å². The van der Waals surface area contributed by atoms with Crippen LogP contribution in [0.5, 0.6) is 0 Å². The maximum atomic E-state index is 2.53. The lowest BCUT2D eigenvalue weighted by atomic mass is 9.90. The highest BCUT2D eigenvalue weighted by Crippen LogP contribution is 2.38. The van der Waals surface area contributed by atoms with Crippen LogP contribution >= 0.6 is 0 Å². The summed E-state index contributed by atoms with van der Waals surface area (Å²) in [5, 5.41) is 0.